The van der Waals surface area contributed by atoms with E-state index in [0.717, 1.165) is 19.3 Å². The van der Waals surface area contributed by atoms with E-state index in [-0.39, 0.29) is 0 Å². The second kappa shape index (κ2) is 8.92. The predicted molar refractivity (Wildman–Crippen MR) is 114 cm³/mol. The van der Waals surface area contributed by atoms with Crippen LogP contribution >= 0.6 is 7.14 Å². The second-order valence-electron chi connectivity index (χ2n) is 7.32. The monoisotopic (exact) mass is 402 g/mol. The van der Waals surface area contributed by atoms with Crippen molar-refractivity contribution in [1.29, 1.82) is 0 Å². The average molecular weight is 402 g/mol. The standard InChI is InChI=1S/C23H31O4P/c1-3-26-23(27-4-2,22(24)18-12-7-13-19-22)28(25,20-14-8-5-9-15-20)21-16-10-6-11-17-21/h5-6,8-11,14-17,24H,3-4,7,12-13,18-19H2,1-2H3. The summed E-state index contributed by atoms with van der Waals surface area (Å²) in [5.74, 6) is 0. The first-order valence-electron chi connectivity index (χ1n) is 10.3. The first-order chi connectivity index (χ1) is 13.5. The molecule has 0 bridgehead atoms. The van der Waals surface area contributed by atoms with E-state index in [4.69, 9.17) is 9.47 Å². The molecular weight excluding hydrogens is 371 g/mol. The molecule has 1 N–H and O–H groups in total. The van der Waals surface area contributed by atoms with Crippen molar-refractivity contribution in [2.24, 2.45) is 0 Å². The Bertz CT molecular complexity index is 735. The van der Waals surface area contributed by atoms with Crippen molar-refractivity contribution in [1.82, 2.24) is 0 Å². The number of hydrogen-bond donors (Lipinski definition) is 1. The third kappa shape index (κ3) is 3.48. The quantitative estimate of drug-likeness (QED) is 0.525. The van der Waals surface area contributed by atoms with Crippen molar-refractivity contribution in [2.75, 3.05) is 13.2 Å². The van der Waals surface area contributed by atoms with Crippen LogP contribution in [0.4, 0.5) is 0 Å². The highest BCUT2D eigenvalue weighted by atomic mass is 31.2. The first-order valence-corrected chi connectivity index (χ1v) is 12.0. The number of rotatable bonds is 8. The average Bonchev–Trinajstić information content (AvgIpc) is 2.74. The van der Waals surface area contributed by atoms with Gasteiger partial charge in [0.15, 0.2) is 0 Å². The van der Waals surface area contributed by atoms with Gasteiger partial charge in [-0.15, -0.1) is 0 Å². The van der Waals surface area contributed by atoms with Gasteiger partial charge >= 0.3 is 0 Å². The highest BCUT2D eigenvalue weighted by Gasteiger charge is 2.65. The Kier molecular flexibility index (Phi) is 6.77. The Morgan fingerprint density at radius 1 is 0.857 bits per heavy atom. The van der Waals surface area contributed by atoms with Crippen LogP contribution in [-0.4, -0.2) is 29.4 Å². The fourth-order valence-corrected chi connectivity index (χ4v) is 7.99. The lowest BCUT2D eigenvalue weighted by Gasteiger charge is -2.51. The Balaban J connectivity index is 2.33. The summed E-state index contributed by atoms with van der Waals surface area (Å²) in [4.78, 5) is 0. The van der Waals surface area contributed by atoms with Gasteiger partial charge in [0.05, 0.1) is 0 Å². The third-order valence-electron chi connectivity index (χ3n) is 5.60. The Labute approximate surface area is 168 Å². The molecule has 0 amide bonds. The van der Waals surface area contributed by atoms with Gasteiger partial charge in [0.2, 0.25) is 7.14 Å². The topological polar surface area (TPSA) is 55.8 Å². The van der Waals surface area contributed by atoms with Crippen molar-refractivity contribution in [3.8, 4) is 0 Å². The molecule has 28 heavy (non-hydrogen) atoms. The summed E-state index contributed by atoms with van der Waals surface area (Å²) in [6.45, 7) is 4.32. The summed E-state index contributed by atoms with van der Waals surface area (Å²) in [6, 6.07) is 18.7. The molecule has 0 unspecified atom stereocenters. The van der Waals surface area contributed by atoms with Gasteiger partial charge in [-0.1, -0.05) is 79.9 Å². The van der Waals surface area contributed by atoms with Gasteiger partial charge in [0.1, 0.15) is 5.60 Å². The van der Waals surface area contributed by atoms with Crippen LogP contribution in [0.5, 0.6) is 0 Å². The number of ether oxygens (including phenoxy) is 2. The molecule has 0 atom stereocenters. The molecule has 1 saturated carbocycles. The van der Waals surface area contributed by atoms with Gasteiger partial charge in [0.25, 0.3) is 5.53 Å². The smallest absolute Gasteiger partial charge is 0.260 e. The van der Waals surface area contributed by atoms with Crippen molar-refractivity contribution in [3.05, 3.63) is 60.7 Å². The van der Waals surface area contributed by atoms with Crippen LogP contribution in [0, 0.1) is 0 Å². The Morgan fingerprint density at radius 2 is 1.29 bits per heavy atom. The van der Waals surface area contributed by atoms with E-state index in [9.17, 15) is 5.11 Å². The minimum atomic E-state index is -3.53. The van der Waals surface area contributed by atoms with E-state index in [0.29, 0.717) is 36.7 Å². The maximum atomic E-state index is 15.1. The van der Waals surface area contributed by atoms with E-state index >= 15 is 4.57 Å². The summed E-state index contributed by atoms with van der Waals surface area (Å²) in [6.07, 6.45) is 3.80. The van der Waals surface area contributed by atoms with Crippen molar-refractivity contribution >= 4 is 17.8 Å². The van der Waals surface area contributed by atoms with E-state index in [2.05, 4.69) is 0 Å². The second-order valence-corrected chi connectivity index (χ2v) is 10.2. The van der Waals surface area contributed by atoms with Gasteiger partial charge in [0, 0.05) is 23.8 Å². The SMILES string of the molecule is CCOC(OCC)(C1(O)CCCCC1)P(=O)(c1ccccc1)c1ccccc1. The highest BCUT2D eigenvalue weighted by molar-refractivity contribution is 7.79. The molecular formula is C23H31O4P. The van der Waals surface area contributed by atoms with Gasteiger partial charge in [-0.2, -0.15) is 0 Å². The fourth-order valence-electron chi connectivity index (χ4n) is 4.39. The van der Waals surface area contributed by atoms with Crippen molar-refractivity contribution < 1.29 is 19.1 Å². The van der Waals surface area contributed by atoms with E-state index in [1.54, 1.807) is 0 Å². The summed E-state index contributed by atoms with van der Waals surface area (Å²) >= 11 is 0. The zero-order chi connectivity index (χ0) is 20.1. The Morgan fingerprint density at radius 3 is 1.68 bits per heavy atom. The van der Waals surface area contributed by atoms with Crippen LogP contribution in [0.25, 0.3) is 0 Å². The normalized spacial score (nSPS) is 17.4. The molecule has 4 nitrogen and oxygen atoms in total. The molecule has 1 fully saturated rings. The summed E-state index contributed by atoms with van der Waals surface area (Å²) < 4.78 is 27.6. The molecule has 1 aliphatic rings. The Hall–Kier alpha value is -1.45. The molecule has 2 aromatic rings. The van der Waals surface area contributed by atoms with Gasteiger partial charge in [-0.3, -0.25) is 0 Å². The van der Waals surface area contributed by atoms with Crippen LogP contribution in [0.15, 0.2) is 60.7 Å². The molecule has 3 rings (SSSR count). The minimum Gasteiger partial charge on any atom is -0.384 e. The molecule has 5 heteroatoms. The lowest BCUT2D eigenvalue weighted by molar-refractivity contribution is -0.275. The van der Waals surface area contributed by atoms with Gasteiger partial charge in [-0.05, 0) is 26.7 Å². The maximum absolute atomic E-state index is 15.1. The lowest BCUT2D eigenvalue weighted by Crippen LogP contribution is -2.61. The van der Waals surface area contributed by atoms with Gasteiger partial charge < -0.3 is 19.1 Å². The van der Waals surface area contributed by atoms with Crippen LogP contribution in [0.2, 0.25) is 0 Å². The van der Waals surface area contributed by atoms with Crippen LogP contribution in [-0.2, 0) is 14.0 Å². The molecule has 0 spiro atoms. The summed E-state index contributed by atoms with van der Waals surface area (Å²) in [5, 5.41) is 13.2. The zero-order valence-electron chi connectivity index (χ0n) is 16.8. The largest absolute Gasteiger partial charge is 0.384 e. The molecule has 0 saturated heterocycles. The third-order valence-corrected chi connectivity index (χ3v) is 9.16. The summed E-state index contributed by atoms with van der Waals surface area (Å²) in [5.41, 5.74) is -2.94. The van der Waals surface area contributed by atoms with E-state index in [1.807, 2.05) is 74.5 Å². The van der Waals surface area contributed by atoms with Gasteiger partial charge in [-0.25, -0.2) is 0 Å². The minimum absolute atomic E-state index is 0.298. The molecule has 0 aromatic heterocycles. The van der Waals surface area contributed by atoms with Crippen molar-refractivity contribution in [3.63, 3.8) is 0 Å². The van der Waals surface area contributed by atoms with Crippen molar-refractivity contribution in [2.45, 2.75) is 57.1 Å². The molecule has 0 aliphatic heterocycles. The zero-order valence-corrected chi connectivity index (χ0v) is 17.7. The van der Waals surface area contributed by atoms with Crippen LogP contribution < -0.4 is 10.6 Å². The fraction of sp³-hybridized carbons (Fsp3) is 0.478. The van der Waals surface area contributed by atoms with E-state index in [1.165, 1.54) is 0 Å². The van der Waals surface area contributed by atoms with E-state index < -0.39 is 18.3 Å². The van der Waals surface area contributed by atoms with Crippen LogP contribution in [0.3, 0.4) is 0 Å². The molecule has 152 valence electrons. The van der Waals surface area contributed by atoms with Crippen LogP contribution in [0.1, 0.15) is 46.0 Å². The molecule has 2 aromatic carbocycles. The molecule has 0 radical (unpaired) electrons. The number of aliphatic hydroxyl groups is 1. The maximum Gasteiger partial charge on any atom is 0.260 e. The molecule has 1 aliphatic carbocycles. The summed E-state index contributed by atoms with van der Waals surface area (Å²) in [7, 11) is -3.53. The highest BCUT2D eigenvalue weighted by Crippen LogP contribution is 2.64. The number of hydrogen-bond acceptors (Lipinski definition) is 4. The number of benzene rings is 2. The lowest BCUT2D eigenvalue weighted by atomic mass is 9.84. The molecule has 0 heterocycles. The predicted octanol–water partition coefficient (Wildman–Crippen LogP) is 4.42. The first kappa shape index (κ1) is 21.3.